The predicted octanol–water partition coefficient (Wildman–Crippen LogP) is 3.25. The zero-order valence-corrected chi connectivity index (χ0v) is 17.0. The number of aryl methyl sites for hydroxylation is 2. The van der Waals surface area contributed by atoms with Crippen LogP contribution in [0, 0.1) is 17.0 Å². The summed E-state index contributed by atoms with van der Waals surface area (Å²) in [5.41, 5.74) is 3.09. The number of nitrogens with zero attached hydrogens (tertiary/aromatic N) is 1. The Hall–Kier alpha value is -2.30. The number of hydrazine groups is 1. The molecule has 1 aliphatic carbocycles. The number of carbonyl (C=O) groups excluding carboxylic acids is 1. The van der Waals surface area contributed by atoms with Crippen LogP contribution in [0.4, 0.5) is 5.69 Å². The van der Waals surface area contributed by atoms with Crippen LogP contribution < -0.4 is 10.3 Å². The van der Waals surface area contributed by atoms with Crippen molar-refractivity contribution in [3.05, 3.63) is 55.3 Å². The van der Waals surface area contributed by atoms with E-state index >= 15 is 0 Å². The molecule has 0 saturated heterocycles. The normalized spacial score (nSPS) is 14.6. The van der Waals surface area contributed by atoms with E-state index in [2.05, 4.69) is 5.43 Å². The molecule has 0 fully saturated rings. The highest BCUT2D eigenvalue weighted by molar-refractivity contribution is 7.89. The molecule has 1 aromatic heterocycles. The van der Waals surface area contributed by atoms with Crippen LogP contribution in [0.15, 0.2) is 29.2 Å². The van der Waals surface area contributed by atoms with Gasteiger partial charge in [-0.1, -0.05) is 18.9 Å². The molecular weight excluding hydrogens is 402 g/mol. The zero-order valence-electron chi connectivity index (χ0n) is 15.4. The summed E-state index contributed by atoms with van der Waals surface area (Å²) in [4.78, 5) is 26.2. The largest absolute Gasteiger partial charge is 0.276 e. The average Bonchev–Trinajstić information content (AvgIpc) is 3.01. The van der Waals surface area contributed by atoms with Crippen molar-refractivity contribution in [2.24, 2.45) is 0 Å². The van der Waals surface area contributed by atoms with Gasteiger partial charge in [-0.2, -0.15) is 0 Å². The number of rotatable bonds is 5. The molecule has 2 aromatic rings. The molecule has 0 radical (unpaired) electrons. The molecule has 2 N–H and O–H groups in total. The summed E-state index contributed by atoms with van der Waals surface area (Å²) in [6, 6.07) is 5.61. The molecule has 150 valence electrons. The molecule has 0 atom stereocenters. The van der Waals surface area contributed by atoms with Gasteiger partial charge in [-0.3, -0.25) is 20.3 Å². The average molecular weight is 424 g/mol. The molecule has 0 bridgehead atoms. The molecule has 0 aliphatic heterocycles. The quantitative estimate of drug-likeness (QED) is 0.565. The number of nitrogens with one attached hydrogen (secondary N) is 2. The summed E-state index contributed by atoms with van der Waals surface area (Å²) >= 11 is 1.39. The van der Waals surface area contributed by atoms with Gasteiger partial charge in [-0.25, -0.2) is 8.42 Å². The number of thiophene rings is 1. The molecule has 10 heteroatoms. The van der Waals surface area contributed by atoms with Gasteiger partial charge in [-0.05, 0) is 50.3 Å². The molecule has 1 aromatic carbocycles. The van der Waals surface area contributed by atoms with E-state index in [1.165, 1.54) is 54.2 Å². The second-order valence-electron chi connectivity index (χ2n) is 6.69. The van der Waals surface area contributed by atoms with Crippen LogP contribution in [0.3, 0.4) is 0 Å². The summed E-state index contributed by atoms with van der Waals surface area (Å²) in [7, 11) is -4.15. The lowest BCUT2D eigenvalue weighted by molar-refractivity contribution is -0.385. The maximum absolute atomic E-state index is 12.5. The first-order valence-electron chi connectivity index (χ1n) is 8.97. The molecule has 1 heterocycles. The molecule has 3 rings (SSSR count). The van der Waals surface area contributed by atoms with Crippen molar-refractivity contribution in [3.8, 4) is 0 Å². The fourth-order valence-electron chi connectivity index (χ4n) is 3.28. The smallest absolute Gasteiger partial charge is 0.273 e. The van der Waals surface area contributed by atoms with E-state index in [4.69, 9.17) is 0 Å². The minimum atomic E-state index is -4.15. The van der Waals surface area contributed by atoms with Crippen LogP contribution in [-0.4, -0.2) is 19.2 Å². The Bertz CT molecular complexity index is 989. The number of carbonyl (C=O) groups is 1. The minimum Gasteiger partial charge on any atom is -0.273 e. The summed E-state index contributed by atoms with van der Waals surface area (Å²) in [6.07, 6.45) is 6.40. The van der Waals surface area contributed by atoms with Crippen molar-refractivity contribution in [3.63, 3.8) is 0 Å². The van der Waals surface area contributed by atoms with Gasteiger partial charge in [0.05, 0.1) is 14.7 Å². The number of fused-ring (bicyclic) bond motifs is 1. The number of hydrogen-bond acceptors (Lipinski definition) is 6. The van der Waals surface area contributed by atoms with E-state index in [0.29, 0.717) is 4.88 Å². The van der Waals surface area contributed by atoms with Gasteiger partial charge >= 0.3 is 0 Å². The zero-order chi connectivity index (χ0) is 20.3. The summed E-state index contributed by atoms with van der Waals surface area (Å²) in [5, 5.41) is 11.0. The van der Waals surface area contributed by atoms with Crippen LogP contribution in [0.1, 0.15) is 51.4 Å². The molecule has 0 spiro atoms. The Morgan fingerprint density at radius 3 is 2.61 bits per heavy atom. The van der Waals surface area contributed by atoms with E-state index in [1.54, 1.807) is 0 Å². The SMILES string of the molecule is Cc1c([N+](=O)[O-])cccc1S(=O)(=O)NNC(=O)c1cc2c(s1)CCCCCC2. The second kappa shape index (κ2) is 8.38. The topological polar surface area (TPSA) is 118 Å². The number of hydrogen-bond donors (Lipinski definition) is 2. The van der Waals surface area contributed by atoms with Gasteiger partial charge in [0.1, 0.15) is 0 Å². The van der Waals surface area contributed by atoms with Gasteiger partial charge in [0.15, 0.2) is 0 Å². The lowest BCUT2D eigenvalue weighted by Gasteiger charge is -2.10. The van der Waals surface area contributed by atoms with E-state index in [0.717, 1.165) is 31.2 Å². The predicted molar refractivity (Wildman–Crippen MR) is 106 cm³/mol. The van der Waals surface area contributed by atoms with Crippen LogP contribution in [0.5, 0.6) is 0 Å². The van der Waals surface area contributed by atoms with Gasteiger partial charge in [0, 0.05) is 16.5 Å². The molecule has 28 heavy (non-hydrogen) atoms. The first-order valence-corrected chi connectivity index (χ1v) is 11.3. The molecule has 0 unspecified atom stereocenters. The van der Waals surface area contributed by atoms with Crippen LogP contribution >= 0.6 is 11.3 Å². The van der Waals surface area contributed by atoms with Crippen molar-refractivity contribution in [2.45, 2.75) is 50.3 Å². The highest BCUT2D eigenvalue weighted by Crippen LogP contribution is 2.28. The van der Waals surface area contributed by atoms with Crippen molar-refractivity contribution < 1.29 is 18.1 Å². The first-order chi connectivity index (χ1) is 13.3. The van der Waals surface area contributed by atoms with Crippen LogP contribution in [0.25, 0.3) is 0 Å². The van der Waals surface area contributed by atoms with Crippen molar-refractivity contribution in [2.75, 3.05) is 0 Å². The number of nitro benzene ring substituents is 1. The highest BCUT2D eigenvalue weighted by atomic mass is 32.2. The fraction of sp³-hybridized carbons (Fsp3) is 0.389. The van der Waals surface area contributed by atoms with E-state index in [1.807, 2.05) is 10.9 Å². The van der Waals surface area contributed by atoms with Gasteiger partial charge in [-0.15, -0.1) is 16.2 Å². The fourth-order valence-corrected chi connectivity index (χ4v) is 5.53. The minimum absolute atomic E-state index is 0.00772. The molecule has 0 saturated carbocycles. The Morgan fingerprint density at radius 2 is 1.89 bits per heavy atom. The Labute approximate surface area is 167 Å². The van der Waals surface area contributed by atoms with Crippen molar-refractivity contribution >= 4 is 33.0 Å². The molecule has 1 amide bonds. The van der Waals surface area contributed by atoms with Gasteiger partial charge in [0.25, 0.3) is 21.6 Å². The van der Waals surface area contributed by atoms with E-state index < -0.39 is 20.9 Å². The maximum atomic E-state index is 12.5. The summed E-state index contributed by atoms with van der Waals surface area (Å²) in [5.74, 6) is -0.539. The van der Waals surface area contributed by atoms with Crippen LogP contribution in [-0.2, 0) is 22.9 Å². The lowest BCUT2D eigenvalue weighted by atomic mass is 10.00. The summed E-state index contributed by atoms with van der Waals surface area (Å²) in [6.45, 7) is 1.35. The number of sulfonamides is 1. The molecule has 1 aliphatic rings. The number of nitro groups is 1. The second-order valence-corrected chi connectivity index (χ2v) is 9.48. The van der Waals surface area contributed by atoms with Gasteiger partial charge in [0.2, 0.25) is 0 Å². The third-order valence-electron chi connectivity index (χ3n) is 4.76. The highest BCUT2D eigenvalue weighted by Gasteiger charge is 2.24. The molecule has 8 nitrogen and oxygen atoms in total. The van der Waals surface area contributed by atoms with Crippen molar-refractivity contribution in [1.29, 1.82) is 0 Å². The lowest BCUT2D eigenvalue weighted by Crippen LogP contribution is -2.41. The Morgan fingerprint density at radius 1 is 1.18 bits per heavy atom. The monoisotopic (exact) mass is 423 g/mol. The standard InChI is InChI=1S/C18H21N3O5S2/c1-12-14(21(23)24)8-6-10-17(12)28(25,26)20-19-18(22)16-11-13-7-4-2-3-5-9-15(13)27-16/h6,8,10-11,20H,2-5,7,9H2,1H3,(H,19,22). The van der Waals surface area contributed by atoms with E-state index in [9.17, 15) is 23.3 Å². The first kappa shape index (κ1) is 20.4. The third-order valence-corrected chi connectivity index (χ3v) is 7.39. The number of benzene rings is 1. The third kappa shape index (κ3) is 4.40. The van der Waals surface area contributed by atoms with Gasteiger partial charge < -0.3 is 0 Å². The van der Waals surface area contributed by atoms with E-state index in [-0.39, 0.29) is 16.1 Å². The molecular formula is C18H21N3O5S2. The summed E-state index contributed by atoms with van der Waals surface area (Å²) < 4.78 is 25.0. The van der Waals surface area contributed by atoms with Crippen molar-refractivity contribution in [1.82, 2.24) is 10.3 Å². The van der Waals surface area contributed by atoms with Crippen LogP contribution in [0.2, 0.25) is 0 Å². The number of amides is 1. The maximum Gasteiger partial charge on any atom is 0.276 e. The Balaban J connectivity index is 1.75. The Kier molecular flexibility index (Phi) is 6.11.